The third-order valence-corrected chi connectivity index (χ3v) is 2.20. The van der Waals surface area contributed by atoms with Crippen LogP contribution in [0.15, 0.2) is 12.1 Å². The SMILES string of the molecule is CCc1[c]ccc(Cl)c1CC. The minimum atomic E-state index is 0.878. The first-order valence-electron chi connectivity index (χ1n) is 3.97. The molecule has 0 bridgehead atoms. The van der Waals surface area contributed by atoms with Crippen LogP contribution in [-0.4, -0.2) is 0 Å². The highest BCUT2D eigenvalue weighted by molar-refractivity contribution is 6.31. The van der Waals surface area contributed by atoms with Gasteiger partial charge in [0, 0.05) is 5.02 Å². The summed E-state index contributed by atoms with van der Waals surface area (Å²) in [5.74, 6) is 0. The van der Waals surface area contributed by atoms with Crippen molar-refractivity contribution in [2.75, 3.05) is 0 Å². The minimum absolute atomic E-state index is 0.878. The van der Waals surface area contributed by atoms with Gasteiger partial charge in [0.2, 0.25) is 0 Å². The highest BCUT2D eigenvalue weighted by atomic mass is 35.5. The highest BCUT2D eigenvalue weighted by Gasteiger charge is 2.01. The molecule has 0 nitrogen and oxygen atoms in total. The second-order valence-electron chi connectivity index (χ2n) is 2.49. The van der Waals surface area contributed by atoms with Gasteiger partial charge in [-0.25, -0.2) is 0 Å². The summed E-state index contributed by atoms with van der Waals surface area (Å²) >= 11 is 5.99. The fourth-order valence-electron chi connectivity index (χ4n) is 1.24. The maximum Gasteiger partial charge on any atom is 0.0441 e. The Hall–Kier alpha value is -0.490. The second kappa shape index (κ2) is 3.77. The monoisotopic (exact) mass is 167 g/mol. The molecular weight excluding hydrogens is 156 g/mol. The molecule has 1 heteroatoms. The molecule has 0 aliphatic rings. The zero-order chi connectivity index (χ0) is 8.27. The number of hydrogen-bond acceptors (Lipinski definition) is 0. The Bertz CT molecular complexity index is 241. The smallest absolute Gasteiger partial charge is 0.0441 e. The Kier molecular flexibility index (Phi) is 2.95. The van der Waals surface area contributed by atoms with Gasteiger partial charge in [0.1, 0.15) is 0 Å². The molecule has 59 valence electrons. The van der Waals surface area contributed by atoms with E-state index in [9.17, 15) is 0 Å². The lowest BCUT2D eigenvalue weighted by Crippen LogP contribution is -1.91. The van der Waals surface area contributed by atoms with Crippen LogP contribution < -0.4 is 0 Å². The first-order valence-corrected chi connectivity index (χ1v) is 4.35. The molecule has 0 aliphatic carbocycles. The molecule has 0 fully saturated rings. The Morgan fingerprint density at radius 1 is 1.36 bits per heavy atom. The van der Waals surface area contributed by atoms with Gasteiger partial charge in [0.25, 0.3) is 0 Å². The fraction of sp³-hybridized carbons (Fsp3) is 0.400. The van der Waals surface area contributed by atoms with E-state index in [0.29, 0.717) is 0 Å². The van der Waals surface area contributed by atoms with Crippen LogP contribution in [0.5, 0.6) is 0 Å². The zero-order valence-corrected chi connectivity index (χ0v) is 7.70. The fourth-order valence-corrected chi connectivity index (χ4v) is 1.56. The molecule has 0 aromatic heterocycles. The summed E-state index contributed by atoms with van der Waals surface area (Å²) in [6, 6.07) is 6.99. The molecule has 0 saturated carbocycles. The van der Waals surface area contributed by atoms with E-state index < -0.39 is 0 Å². The Morgan fingerprint density at radius 3 is 2.55 bits per heavy atom. The number of aryl methyl sites for hydroxylation is 1. The van der Waals surface area contributed by atoms with Crippen LogP contribution in [0.1, 0.15) is 25.0 Å². The minimum Gasteiger partial charge on any atom is -0.0840 e. The molecule has 1 radical (unpaired) electrons. The molecule has 0 N–H and O–H groups in total. The van der Waals surface area contributed by atoms with Crippen LogP contribution >= 0.6 is 11.6 Å². The van der Waals surface area contributed by atoms with E-state index >= 15 is 0 Å². The van der Waals surface area contributed by atoms with Gasteiger partial charge in [-0.2, -0.15) is 0 Å². The normalized spacial score (nSPS) is 10.1. The van der Waals surface area contributed by atoms with E-state index in [0.717, 1.165) is 17.9 Å². The third kappa shape index (κ3) is 1.75. The van der Waals surface area contributed by atoms with Gasteiger partial charge in [-0.1, -0.05) is 31.5 Å². The van der Waals surface area contributed by atoms with Crippen LogP contribution in [0.25, 0.3) is 0 Å². The molecule has 0 atom stereocenters. The second-order valence-corrected chi connectivity index (χ2v) is 2.90. The lowest BCUT2D eigenvalue weighted by Gasteiger charge is -2.05. The van der Waals surface area contributed by atoms with E-state index in [2.05, 4.69) is 19.9 Å². The largest absolute Gasteiger partial charge is 0.0840 e. The summed E-state index contributed by atoms with van der Waals surface area (Å²) in [5, 5.41) is 0.878. The first kappa shape index (κ1) is 8.61. The molecular formula is C10H12Cl. The zero-order valence-electron chi connectivity index (χ0n) is 6.95. The molecule has 1 aromatic rings. The van der Waals surface area contributed by atoms with Gasteiger partial charge in [-0.15, -0.1) is 0 Å². The van der Waals surface area contributed by atoms with Crippen molar-refractivity contribution in [3.63, 3.8) is 0 Å². The van der Waals surface area contributed by atoms with E-state index in [1.54, 1.807) is 0 Å². The third-order valence-electron chi connectivity index (χ3n) is 1.85. The van der Waals surface area contributed by atoms with E-state index in [1.807, 2.05) is 12.1 Å². The van der Waals surface area contributed by atoms with Crippen molar-refractivity contribution in [1.29, 1.82) is 0 Å². The van der Waals surface area contributed by atoms with Gasteiger partial charge >= 0.3 is 0 Å². The molecule has 1 aromatic carbocycles. The molecule has 0 spiro atoms. The van der Waals surface area contributed by atoms with Gasteiger partial charge in [0.15, 0.2) is 0 Å². The van der Waals surface area contributed by atoms with E-state index in [-0.39, 0.29) is 0 Å². The average Bonchev–Trinajstić information content (AvgIpc) is 2.04. The van der Waals surface area contributed by atoms with Crippen LogP contribution in [0.2, 0.25) is 5.02 Å². The number of benzene rings is 1. The van der Waals surface area contributed by atoms with Crippen molar-refractivity contribution in [2.24, 2.45) is 0 Å². The quantitative estimate of drug-likeness (QED) is 0.635. The van der Waals surface area contributed by atoms with Crippen molar-refractivity contribution in [3.05, 3.63) is 34.3 Å². The number of rotatable bonds is 2. The first-order chi connectivity index (χ1) is 5.29. The molecule has 1 rings (SSSR count). The highest BCUT2D eigenvalue weighted by Crippen LogP contribution is 2.20. The number of hydrogen-bond donors (Lipinski definition) is 0. The topological polar surface area (TPSA) is 0 Å². The average molecular weight is 168 g/mol. The molecule has 0 amide bonds. The van der Waals surface area contributed by atoms with Crippen LogP contribution in [0.4, 0.5) is 0 Å². The molecule has 0 saturated heterocycles. The lowest BCUT2D eigenvalue weighted by atomic mass is 10.0. The van der Waals surface area contributed by atoms with Gasteiger partial charge < -0.3 is 0 Å². The molecule has 11 heavy (non-hydrogen) atoms. The molecule has 0 aliphatic heterocycles. The molecule has 0 unspecified atom stereocenters. The van der Waals surface area contributed by atoms with E-state index in [1.165, 1.54) is 11.1 Å². The summed E-state index contributed by atoms with van der Waals surface area (Å²) < 4.78 is 0. The summed E-state index contributed by atoms with van der Waals surface area (Å²) in [6.45, 7) is 4.25. The van der Waals surface area contributed by atoms with Crippen LogP contribution in [-0.2, 0) is 12.8 Å². The Labute approximate surface area is 73.2 Å². The van der Waals surface area contributed by atoms with Crippen molar-refractivity contribution in [3.8, 4) is 0 Å². The van der Waals surface area contributed by atoms with Crippen LogP contribution in [0, 0.1) is 6.07 Å². The Balaban J connectivity index is 3.13. The van der Waals surface area contributed by atoms with Crippen molar-refractivity contribution in [1.82, 2.24) is 0 Å². The predicted molar refractivity (Wildman–Crippen MR) is 49.0 cm³/mol. The standard InChI is InChI=1S/C10H12Cl/c1-3-8-6-5-7-10(11)9(8)4-2/h5,7H,3-4H2,1-2H3. The summed E-state index contributed by atoms with van der Waals surface area (Å²) in [5.41, 5.74) is 2.50. The lowest BCUT2D eigenvalue weighted by molar-refractivity contribution is 1.03. The summed E-state index contributed by atoms with van der Waals surface area (Å²) in [7, 11) is 0. The Morgan fingerprint density at radius 2 is 2.09 bits per heavy atom. The maximum atomic E-state index is 5.99. The maximum absolute atomic E-state index is 5.99. The summed E-state index contributed by atoms with van der Waals surface area (Å²) in [6.07, 6.45) is 2.02. The number of halogens is 1. The van der Waals surface area contributed by atoms with Crippen LogP contribution in [0.3, 0.4) is 0 Å². The predicted octanol–water partition coefficient (Wildman–Crippen LogP) is 3.26. The van der Waals surface area contributed by atoms with E-state index in [4.69, 9.17) is 11.6 Å². The van der Waals surface area contributed by atoms with Gasteiger partial charge in [0.05, 0.1) is 0 Å². The molecule has 0 heterocycles. The van der Waals surface area contributed by atoms with Crippen molar-refractivity contribution < 1.29 is 0 Å². The van der Waals surface area contributed by atoms with Crippen molar-refractivity contribution >= 4 is 11.6 Å². The van der Waals surface area contributed by atoms with Crippen molar-refractivity contribution in [2.45, 2.75) is 26.7 Å². The van der Waals surface area contributed by atoms with Gasteiger partial charge in [-0.05, 0) is 36.1 Å². The summed E-state index contributed by atoms with van der Waals surface area (Å²) in [4.78, 5) is 0. The van der Waals surface area contributed by atoms with Gasteiger partial charge in [-0.3, -0.25) is 0 Å².